The second-order valence-electron chi connectivity index (χ2n) is 4.71. The average molecular weight is 232 g/mol. The van der Waals surface area contributed by atoms with Crippen LogP contribution in [0.4, 0.5) is 5.69 Å². The summed E-state index contributed by atoms with van der Waals surface area (Å²) in [5.41, 5.74) is 4.08. The summed E-state index contributed by atoms with van der Waals surface area (Å²) in [4.78, 5) is 13.2. The lowest BCUT2D eigenvalue weighted by Gasteiger charge is -2.31. The summed E-state index contributed by atoms with van der Waals surface area (Å²) in [6.45, 7) is 6.41. The van der Waals surface area contributed by atoms with E-state index in [-0.39, 0.29) is 5.91 Å². The third kappa shape index (κ3) is 2.99. The molecule has 0 bridgehead atoms. The van der Waals surface area contributed by atoms with Crippen LogP contribution in [0.1, 0.15) is 24.5 Å². The van der Waals surface area contributed by atoms with Gasteiger partial charge >= 0.3 is 0 Å². The topological polar surface area (TPSA) is 32.3 Å². The number of fused-ring (bicyclic) bond motifs is 1. The Morgan fingerprint density at radius 2 is 2.29 bits per heavy atom. The quantitative estimate of drug-likeness (QED) is 0.863. The molecule has 0 saturated carbocycles. The molecule has 0 unspecified atom stereocenters. The van der Waals surface area contributed by atoms with Crippen LogP contribution < -0.4 is 10.2 Å². The molecule has 17 heavy (non-hydrogen) atoms. The zero-order chi connectivity index (χ0) is 12.3. The van der Waals surface area contributed by atoms with Gasteiger partial charge in [0.1, 0.15) is 0 Å². The highest BCUT2D eigenvalue weighted by atomic mass is 16.1. The molecule has 1 aliphatic rings. The molecule has 0 spiro atoms. The average Bonchev–Trinajstić information content (AvgIpc) is 2.29. The Kier molecular flexibility index (Phi) is 3.67. The van der Waals surface area contributed by atoms with Crippen LogP contribution in [-0.2, 0) is 11.2 Å². The summed E-state index contributed by atoms with van der Waals surface area (Å²) in [5.74, 6) is 0.0477. The minimum Gasteiger partial charge on any atom is -0.370 e. The van der Waals surface area contributed by atoms with Crippen LogP contribution in [0.25, 0.3) is 0 Å². The van der Waals surface area contributed by atoms with Crippen molar-refractivity contribution in [2.45, 2.75) is 26.7 Å². The lowest BCUT2D eigenvalue weighted by atomic mass is 10.00. The summed E-state index contributed by atoms with van der Waals surface area (Å²) in [6, 6.07) is 6.66. The number of rotatable bonds is 3. The van der Waals surface area contributed by atoms with E-state index in [1.165, 1.54) is 29.7 Å². The summed E-state index contributed by atoms with van der Waals surface area (Å²) < 4.78 is 0. The molecule has 1 heterocycles. The largest absolute Gasteiger partial charge is 0.370 e. The number of amides is 1. The zero-order valence-corrected chi connectivity index (χ0v) is 10.6. The number of carbonyl (C=O) groups is 1. The van der Waals surface area contributed by atoms with Crippen molar-refractivity contribution in [1.29, 1.82) is 0 Å². The van der Waals surface area contributed by atoms with Crippen LogP contribution >= 0.6 is 0 Å². The smallest absolute Gasteiger partial charge is 0.216 e. The molecule has 3 nitrogen and oxygen atoms in total. The molecule has 0 aromatic heterocycles. The van der Waals surface area contributed by atoms with Gasteiger partial charge in [0.15, 0.2) is 0 Å². The number of hydrogen-bond donors (Lipinski definition) is 1. The Hall–Kier alpha value is -1.51. The maximum atomic E-state index is 10.9. The van der Waals surface area contributed by atoms with Gasteiger partial charge in [-0.25, -0.2) is 0 Å². The van der Waals surface area contributed by atoms with Gasteiger partial charge in [0, 0.05) is 32.2 Å². The van der Waals surface area contributed by atoms with Crippen LogP contribution in [-0.4, -0.2) is 25.5 Å². The fourth-order valence-corrected chi connectivity index (χ4v) is 2.36. The molecule has 1 amide bonds. The van der Waals surface area contributed by atoms with Gasteiger partial charge in [-0.2, -0.15) is 0 Å². The van der Waals surface area contributed by atoms with Gasteiger partial charge in [0.05, 0.1) is 0 Å². The normalized spacial score (nSPS) is 14.4. The molecular formula is C14H20N2O. The molecule has 0 saturated heterocycles. The van der Waals surface area contributed by atoms with Crippen LogP contribution in [0.5, 0.6) is 0 Å². The number of aryl methyl sites for hydroxylation is 2. The van der Waals surface area contributed by atoms with E-state index in [4.69, 9.17) is 0 Å². The predicted molar refractivity (Wildman–Crippen MR) is 70.4 cm³/mol. The van der Waals surface area contributed by atoms with E-state index in [0.29, 0.717) is 0 Å². The lowest BCUT2D eigenvalue weighted by Crippen LogP contribution is -2.37. The van der Waals surface area contributed by atoms with Crippen LogP contribution in [0, 0.1) is 6.92 Å². The number of carbonyl (C=O) groups excluding carboxylic acids is 1. The Morgan fingerprint density at radius 3 is 3.06 bits per heavy atom. The van der Waals surface area contributed by atoms with E-state index < -0.39 is 0 Å². The van der Waals surface area contributed by atoms with E-state index in [1.807, 2.05) is 0 Å². The Bertz CT molecular complexity index is 415. The van der Waals surface area contributed by atoms with Crippen LogP contribution in [0.15, 0.2) is 18.2 Å². The fraction of sp³-hybridized carbons (Fsp3) is 0.500. The van der Waals surface area contributed by atoms with Crippen molar-refractivity contribution in [3.8, 4) is 0 Å². The first-order chi connectivity index (χ1) is 8.16. The highest BCUT2D eigenvalue weighted by Crippen LogP contribution is 2.27. The molecule has 1 aliphatic heterocycles. The van der Waals surface area contributed by atoms with Gasteiger partial charge in [-0.15, -0.1) is 0 Å². The number of nitrogens with one attached hydrogen (secondary N) is 1. The van der Waals surface area contributed by atoms with Gasteiger partial charge in [-0.1, -0.05) is 12.1 Å². The number of nitrogens with zero attached hydrogens (tertiary/aromatic N) is 1. The highest BCUT2D eigenvalue weighted by molar-refractivity contribution is 5.72. The molecule has 1 aromatic carbocycles. The van der Waals surface area contributed by atoms with E-state index >= 15 is 0 Å². The first-order valence-electron chi connectivity index (χ1n) is 6.26. The van der Waals surface area contributed by atoms with Crippen molar-refractivity contribution >= 4 is 11.6 Å². The molecule has 92 valence electrons. The summed E-state index contributed by atoms with van der Waals surface area (Å²) in [6.07, 6.45) is 2.38. The van der Waals surface area contributed by atoms with Crippen LogP contribution in [0.3, 0.4) is 0 Å². The molecular weight excluding hydrogens is 212 g/mol. The molecule has 0 radical (unpaired) electrons. The van der Waals surface area contributed by atoms with Crippen molar-refractivity contribution in [2.24, 2.45) is 0 Å². The SMILES string of the molecule is CC(=O)NCCN1CCCc2ccc(C)cc21. The standard InChI is InChI=1S/C14H20N2O/c1-11-5-6-13-4-3-8-16(14(13)10-11)9-7-15-12(2)17/h5-6,10H,3-4,7-9H2,1-2H3,(H,15,17). The molecule has 0 atom stereocenters. The predicted octanol–water partition coefficient (Wildman–Crippen LogP) is 1.88. The summed E-state index contributed by atoms with van der Waals surface area (Å²) in [5, 5.41) is 2.86. The Morgan fingerprint density at radius 1 is 1.47 bits per heavy atom. The molecule has 3 heteroatoms. The van der Waals surface area contributed by atoms with Crippen molar-refractivity contribution in [1.82, 2.24) is 5.32 Å². The van der Waals surface area contributed by atoms with Crippen molar-refractivity contribution in [3.63, 3.8) is 0 Å². The minimum absolute atomic E-state index is 0.0477. The third-order valence-electron chi connectivity index (χ3n) is 3.21. The number of hydrogen-bond acceptors (Lipinski definition) is 2. The molecule has 1 N–H and O–H groups in total. The first-order valence-corrected chi connectivity index (χ1v) is 6.26. The van der Waals surface area contributed by atoms with Crippen molar-refractivity contribution < 1.29 is 4.79 Å². The van der Waals surface area contributed by atoms with Gasteiger partial charge in [-0.3, -0.25) is 4.79 Å². The van der Waals surface area contributed by atoms with Gasteiger partial charge in [-0.05, 0) is 37.0 Å². The van der Waals surface area contributed by atoms with Gasteiger partial charge < -0.3 is 10.2 Å². The highest BCUT2D eigenvalue weighted by Gasteiger charge is 2.16. The monoisotopic (exact) mass is 232 g/mol. The Labute approximate surface area is 103 Å². The molecule has 2 rings (SSSR count). The molecule has 1 aromatic rings. The van der Waals surface area contributed by atoms with Gasteiger partial charge in [0.25, 0.3) is 0 Å². The zero-order valence-electron chi connectivity index (χ0n) is 10.6. The maximum absolute atomic E-state index is 10.9. The van der Waals surface area contributed by atoms with Crippen molar-refractivity contribution in [3.05, 3.63) is 29.3 Å². The van der Waals surface area contributed by atoms with Gasteiger partial charge in [0.2, 0.25) is 5.91 Å². The lowest BCUT2D eigenvalue weighted by molar-refractivity contribution is -0.118. The summed E-state index contributed by atoms with van der Waals surface area (Å²) in [7, 11) is 0. The van der Waals surface area contributed by atoms with Crippen LogP contribution in [0.2, 0.25) is 0 Å². The minimum atomic E-state index is 0.0477. The molecule has 0 aliphatic carbocycles. The number of benzene rings is 1. The van der Waals surface area contributed by atoms with E-state index in [1.54, 1.807) is 6.92 Å². The van der Waals surface area contributed by atoms with E-state index in [2.05, 4.69) is 35.3 Å². The third-order valence-corrected chi connectivity index (χ3v) is 3.21. The Balaban J connectivity index is 2.05. The molecule has 0 fully saturated rings. The first kappa shape index (κ1) is 12.0. The van der Waals surface area contributed by atoms with E-state index in [9.17, 15) is 4.79 Å². The fourth-order valence-electron chi connectivity index (χ4n) is 2.36. The second-order valence-corrected chi connectivity index (χ2v) is 4.71. The maximum Gasteiger partial charge on any atom is 0.216 e. The number of anilines is 1. The second kappa shape index (κ2) is 5.21. The van der Waals surface area contributed by atoms with Crippen molar-refractivity contribution in [2.75, 3.05) is 24.5 Å². The summed E-state index contributed by atoms with van der Waals surface area (Å²) >= 11 is 0. The van der Waals surface area contributed by atoms with E-state index in [0.717, 1.165) is 19.6 Å².